The van der Waals surface area contributed by atoms with Crippen molar-refractivity contribution in [2.24, 2.45) is 5.92 Å². The van der Waals surface area contributed by atoms with Crippen molar-refractivity contribution < 1.29 is 27.9 Å². The highest BCUT2D eigenvalue weighted by Gasteiger charge is 2.52. The van der Waals surface area contributed by atoms with Crippen LogP contribution in [-0.2, 0) is 9.59 Å². The van der Waals surface area contributed by atoms with Gasteiger partial charge in [-0.05, 0) is 5.92 Å². The molecule has 1 heterocycles. The maximum absolute atomic E-state index is 12.4. The quantitative estimate of drug-likeness (QED) is 0.828. The van der Waals surface area contributed by atoms with Gasteiger partial charge < -0.3 is 10.0 Å². The van der Waals surface area contributed by atoms with E-state index in [9.17, 15) is 22.8 Å². The summed E-state index contributed by atoms with van der Waals surface area (Å²) in [7, 11) is 0. The Bertz CT molecular complexity index is 332. The molecule has 1 rings (SSSR count). The normalized spacial score (nSPS) is 25.4. The summed E-state index contributed by atoms with van der Waals surface area (Å²) in [4.78, 5) is 22.5. The number of alkyl halides is 3. The zero-order valence-electron chi connectivity index (χ0n) is 9.19. The summed E-state index contributed by atoms with van der Waals surface area (Å²) < 4.78 is 37.1. The largest absolute Gasteiger partial charge is 0.480 e. The van der Waals surface area contributed by atoms with Gasteiger partial charge in [0, 0.05) is 5.75 Å². The van der Waals surface area contributed by atoms with E-state index in [2.05, 4.69) is 0 Å². The minimum Gasteiger partial charge on any atom is -0.480 e. The second-order valence-electron chi connectivity index (χ2n) is 4.03. The molecule has 1 N–H and O–H groups in total. The van der Waals surface area contributed by atoms with Gasteiger partial charge in [0.2, 0.25) is 0 Å². The van der Waals surface area contributed by atoms with E-state index in [0.717, 1.165) is 11.8 Å². The van der Waals surface area contributed by atoms with Crippen LogP contribution in [0, 0.1) is 5.92 Å². The fraction of sp³-hybridized carbons (Fsp3) is 0.778. The molecule has 4 nitrogen and oxygen atoms in total. The maximum atomic E-state index is 12.4. The summed E-state index contributed by atoms with van der Waals surface area (Å²) in [5.41, 5.74) is 0. The zero-order valence-corrected chi connectivity index (χ0v) is 10.0. The van der Waals surface area contributed by atoms with Crippen molar-refractivity contribution in [2.75, 3.05) is 5.75 Å². The van der Waals surface area contributed by atoms with Crippen LogP contribution in [0.4, 0.5) is 13.2 Å². The van der Waals surface area contributed by atoms with E-state index in [1.807, 2.05) is 0 Å². The summed E-state index contributed by atoms with van der Waals surface area (Å²) in [6, 6.07) is -1.40. The average Bonchev–Trinajstić information content (AvgIpc) is 2.58. The van der Waals surface area contributed by atoms with Gasteiger partial charge in [0.25, 0.3) is 0 Å². The van der Waals surface area contributed by atoms with E-state index in [1.165, 1.54) is 0 Å². The molecule has 0 saturated carbocycles. The highest BCUT2D eigenvalue weighted by Crippen LogP contribution is 2.36. The number of carboxylic acids is 1. The standard InChI is InChI=1S/C9H12F3NO3S/c1-4(2)6-13(8(16)9(10,11)12)5(3-17-6)7(14)15/h4-6H,3H2,1-2H3,(H,14,15). The van der Waals surface area contributed by atoms with Gasteiger partial charge in [-0.1, -0.05) is 13.8 Å². The lowest BCUT2D eigenvalue weighted by atomic mass is 10.1. The lowest BCUT2D eigenvalue weighted by molar-refractivity contribution is -0.190. The summed E-state index contributed by atoms with van der Waals surface area (Å²) in [6.07, 6.45) is -5.04. The molecule has 1 amide bonds. The number of hydrogen-bond acceptors (Lipinski definition) is 3. The Kier molecular flexibility index (Phi) is 3.95. The van der Waals surface area contributed by atoms with Gasteiger partial charge in [0.05, 0.1) is 5.37 Å². The average molecular weight is 271 g/mol. The van der Waals surface area contributed by atoms with E-state index in [1.54, 1.807) is 13.8 Å². The number of rotatable bonds is 2. The van der Waals surface area contributed by atoms with E-state index in [0.29, 0.717) is 4.90 Å². The topological polar surface area (TPSA) is 57.6 Å². The van der Waals surface area contributed by atoms with E-state index >= 15 is 0 Å². The first-order valence-corrected chi connectivity index (χ1v) is 5.95. The monoisotopic (exact) mass is 271 g/mol. The Balaban J connectivity index is 3.02. The van der Waals surface area contributed by atoms with Crippen LogP contribution in [0.2, 0.25) is 0 Å². The Labute approximate surface area is 100 Å². The van der Waals surface area contributed by atoms with Crippen LogP contribution >= 0.6 is 11.8 Å². The molecule has 8 heteroatoms. The first-order chi connectivity index (χ1) is 7.66. The number of carbonyl (C=O) groups is 2. The highest BCUT2D eigenvalue weighted by atomic mass is 32.2. The smallest absolute Gasteiger partial charge is 0.471 e. The van der Waals surface area contributed by atoms with Gasteiger partial charge in [-0.2, -0.15) is 13.2 Å². The molecule has 1 saturated heterocycles. The minimum absolute atomic E-state index is 0.0139. The molecule has 2 unspecified atom stereocenters. The van der Waals surface area contributed by atoms with Crippen molar-refractivity contribution in [3.05, 3.63) is 0 Å². The van der Waals surface area contributed by atoms with E-state index in [-0.39, 0.29) is 11.7 Å². The molecule has 2 atom stereocenters. The van der Waals surface area contributed by atoms with Gasteiger partial charge in [-0.25, -0.2) is 4.79 Å². The molecule has 0 aromatic carbocycles. The molecule has 0 aromatic rings. The van der Waals surface area contributed by atoms with Crippen LogP contribution in [0.25, 0.3) is 0 Å². The Morgan fingerprint density at radius 3 is 2.29 bits per heavy atom. The molecular formula is C9H12F3NO3S. The SMILES string of the molecule is CC(C)C1SCC(C(=O)O)N1C(=O)C(F)(F)F. The summed E-state index contributed by atoms with van der Waals surface area (Å²) in [5, 5.41) is 8.08. The molecule has 0 aromatic heterocycles. The molecule has 0 spiro atoms. The summed E-state index contributed by atoms with van der Waals surface area (Å²) in [5.74, 6) is -3.73. The molecule has 1 aliphatic rings. The van der Waals surface area contributed by atoms with Crippen molar-refractivity contribution in [1.82, 2.24) is 4.90 Å². The summed E-state index contributed by atoms with van der Waals surface area (Å²) in [6.45, 7) is 3.30. The van der Waals surface area contributed by atoms with E-state index in [4.69, 9.17) is 5.11 Å². The molecule has 1 fully saturated rings. The molecule has 1 aliphatic heterocycles. The van der Waals surface area contributed by atoms with Crippen LogP contribution in [0.1, 0.15) is 13.8 Å². The minimum atomic E-state index is -5.04. The van der Waals surface area contributed by atoms with Crippen molar-refractivity contribution >= 4 is 23.6 Å². The van der Waals surface area contributed by atoms with Crippen LogP contribution in [0.5, 0.6) is 0 Å². The van der Waals surface area contributed by atoms with Crippen LogP contribution < -0.4 is 0 Å². The van der Waals surface area contributed by atoms with Crippen molar-refractivity contribution in [3.8, 4) is 0 Å². The van der Waals surface area contributed by atoms with Gasteiger partial charge in [-0.15, -0.1) is 11.8 Å². The number of nitrogens with zero attached hydrogens (tertiary/aromatic N) is 1. The number of carbonyl (C=O) groups excluding carboxylic acids is 1. The Morgan fingerprint density at radius 2 is 1.94 bits per heavy atom. The number of hydrogen-bond donors (Lipinski definition) is 1. The fourth-order valence-electron chi connectivity index (χ4n) is 1.64. The molecule has 0 radical (unpaired) electrons. The number of amides is 1. The highest BCUT2D eigenvalue weighted by molar-refractivity contribution is 8.00. The molecular weight excluding hydrogens is 259 g/mol. The third-order valence-electron chi connectivity index (χ3n) is 2.37. The van der Waals surface area contributed by atoms with Gasteiger partial charge in [-0.3, -0.25) is 4.79 Å². The van der Waals surface area contributed by atoms with Crippen LogP contribution in [-0.4, -0.2) is 45.2 Å². The number of aliphatic carboxylic acids is 1. The van der Waals surface area contributed by atoms with Crippen molar-refractivity contribution in [2.45, 2.75) is 31.4 Å². The number of carboxylic acid groups (broad SMARTS) is 1. The lowest BCUT2D eigenvalue weighted by Gasteiger charge is -2.30. The van der Waals surface area contributed by atoms with E-state index < -0.39 is 29.5 Å². The molecule has 17 heavy (non-hydrogen) atoms. The molecule has 0 aliphatic carbocycles. The number of halogens is 3. The third-order valence-corrected chi connectivity index (χ3v) is 3.99. The number of thioether (sulfide) groups is 1. The predicted molar refractivity (Wildman–Crippen MR) is 55.4 cm³/mol. The van der Waals surface area contributed by atoms with Gasteiger partial charge in [0.15, 0.2) is 0 Å². The summed E-state index contributed by atoms with van der Waals surface area (Å²) >= 11 is 1.06. The van der Waals surface area contributed by atoms with Gasteiger partial charge in [0.1, 0.15) is 6.04 Å². The molecule has 0 bridgehead atoms. The lowest BCUT2D eigenvalue weighted by Crippen LogP contribution is -2.52. The third kappa shape index (κ3) is 2.85. The first-order valence-electron chi connectivity index (χ1n) is 4.90. The van der Waals surface area contributed by atoms with Crippen LogP contribution in [0.3, 0.4) is 0 Å². The zero-order chi connectivity index (χ0) is 13.4. The van der Waals surface area contributed by atoms with Gasteiger partial charge >= 0.3 is 18.1 Å². The Morgan fingerprint density at radius 1 is 1.41 bits per heavy atom. The molecule has 98 valence electrons. The van der Waals surface area contributed by atoms with Crippen molar-refractivity contribution in [1.29, 1.82) is 0 Å². The predicted octanol–water partition coefficient (Wildman–Crippen LogP) is 1.56. The second-order valence-corrected chi connectivity index (χ2v) is 5.18. The van der Waals surface area contributed by atoms with Crippen LogP contribution in [0.15, 0.2) is 0 Å². The second kappa shape index (κ2) is 4.75. The Hall–Kier alpha value is -0.920. The van der Waals surface area contributed by atoms with Crippen molar-refractivity contribution in [3.63, 3.8) is 0 Å². The first kappa shape index (κ1) is 14.1. The fourth-order valence-corrected chi connectivity index (χ4v) is 3.11. The maximum Gasteiger partial charge on any atom is 0.471 e.